The van der Waals surface area contributed by atoms with Crippen molar-refractivity contribution in [1.82, 2.24) is 0 Å². The zero-order valence-corrected chi connectivity index (χ0v) is 9.16. The Morgan fingerprint density at radius 1 is 1.50 bits per heavy atom. The van der Waals surface area contributed by atoms with E-state index in [1.807, 2.05) is 0 Å². The number of rotatable bonds is 5. The van der Waals surface area contributed by atoms with Crippen LogP contribution in [0.2, 0.25) is 0 Å². The number of hydrogen-bond donors (Lipinski definition) is 4. The predicted octanol–water partition coefficient (Wildman–Crippen LogP) is -4.05. The molecule has 0 saturated carbocycles. The van der Waals surface area contributed by atoms with Gasteiger partial charge in [-0.05, 0) is 11.5 Å². The van der Waals surface area contributed by atoms with Gasteiger partial charge in [-0.1, -0.05) is 0 Å². The highest BCUT2D eigenvalue weighted by molar-refractivity contribution is 7.30. The van der Waals surface area contributed by atoms with Crippen LogP contribution < -0.4 is 10.2 Å². The predicted molar refractivity (Wildman–Crippen MR) is 44.5 cm³/mol. The van der Waals surface area contributed by atoms with E-state index in [1.165, 1.54) is 0 Å². The molecule has 0 aromatic rings. The van der Waals surface area contributed by atoms with Crippen LogP contribution in [0.4, 0.5) is 0 Å². The van der Waals surface area contributed by atoms with Crippen molar-refractivity contribution < 1.29 is 44.6 Å². The van der Waals surface area contributed by atoms with Crippen molar-refractivity contribution in [2.24, 2.45) is 0 Å². The van der Waals surface area contributed by atoms with E-state index in [2.05, 4.69) is 4.67 Å². The van der Waals surface area contributed by atoms with Crippen LogP contribution in [0.25, 0.3) is 0 Å². The van der Waals surface area contributed by atoms with E-state index < -0.39 is 39.0 Å². The molecule has 0 aromatic carbocycles. The first kappa shape index (κ1) is 17.9. The molecule has 10 heteroatoms. The summed E-state index contributed by atoms with van der Waals surface area (Å²) in [6, 6.07) is 0. The van der Waals surface area contributed by atoms with Crippen LogP contribution in [0.5, 0.6) is 0 Å². The van der Waals surface area contributed by atoms with Gasteiger partial charge in [0.1, 0.15) is 11.7 Å². The smallest absolute Gasteiger partial charge is 0.479 e. The molecule has 0 radical (unpaired) electrons. The molecule has 9 nitrogen and oxygen atoms in total. The molecule has 0 aromatic heterocycles. The lowest BCUT2D eigenvalue weighted by Gasteiger charge is -2.26. The third-order valence-corrected chi connectivity index (χ3v) is 1.62. The van der Waals surface area contributed by atoms with Crippen molar-refractivity contribution in [2.45, 2.75) is 18.6 Å². The number of carbonyl (C=O) groups is 1. The van der Waals surface area contributed by atoms with Gasteiger partial charge >= 0.3 is 8.25 Å². The second-order valence-electron chi connectivity index (χ2n) is 2.73. The number of hydrogen-bond acceptors (Lipinski definition) is 9. The van der Waals surface area contributed by atoms with Crippen LogP contribution in [0.1, 0.15) is 6.92 Å². The van der Waals surface area contributed by atoms with Crippen molar-refractivity contribution in [3.05, 3.63) is 0 Å². The van der Waals surface area contributed by atoms with Crippen LogP contribution in [-0.2, 0) is 14.0 Å². The van der Waals surface area contributed by atoms with Crippen LogP contribution in [0.15, 0.2) is 0 Å². The minimum absolute atomic E-state index is 0.699. The number of ketones is 1. The summed E-state index contributed by atoms with van der Waals surface area (Å²) < 4.78 is 11.3. The van der Waals surface area contributed by atoms with E-state index in [0.29, 0.717) is 0 Å². The molecule has 2 atom stereocenters. The molecule has 16 heavy (non-hydrogen) atoms. The summed E-state index contributed by atoms with van der Waals surface area (Å²) in [6.07, 6.45) is -1.74. The molecule has 0 saturated heterocycles. The fourth-order valence-corrected chi connectivity index (χ4v) is 0.601. The Morgan fingerprint density at radius 3 is 1.88 bits per heavy atom. The van der Waals surface area contributed by atoms with Gasteiger partial charge in [-0.25, -0.2) is 4.67 Å². The summed E-state index contributed by atoms with van der Waals surface area (Å²) in [5.74, 6) is -0.699. The minimum Gasteiger partial charge on any atom is -0.674 e. The maximum absolute atomic E-state index is 10.5. The molecule has 0 aliphatic rings. The quantitative estimate of drug-likeness (QED) is 0.218. The zero-order chi connectivity index (χ0) is 13.4. The zero-order valence-electron chi connectivity index (χ0n) is 8.27. The first-order valence-corrected chi connectivity index (χ1v) is 4.91. The molecule has 0 spiro atoms. The fourth-order valence-electron chi connectivity index (χ4n) is 0.601. The topological polar surface area (TPSA) is 170 Å². The maximum atomic E-state index is 10.5. The van der Waals surface area contributed by atoms with Crippen LogP contribution in [0, 0.1) is 0 Å². The minimum atomic E-state index is -3.15. The average Bonchev–Trinajstić information content (AvgIpc) is 2.27. The molecular formula is C6H12O9P-. The number of aliphatic hydroxyl groups excluding tert-OH is 3. The monoisotopic (exact) mass is 259 g/mol. The highest BCUT2D eigenvalue weighted by Gasteiger charge is 2.37. The number of carbonyl (C=O) groups excluding carboxylic acids is 1. The second kappa shape index (κ2) is 8.62. The van der Waals surface area contributed by atoms with Crippen LogP contribution in [-0.4, -0.2) is 51.1 Å². The number of Topliss-reactive ketones (excluding diaryl/α,β-unsaturated/α-hetero) is 1. The van der Waals surface area contributed by atoms with Gasteiger partial charge in [-0.15, -0.1) is 0 Å². The van der Waals surface area contributed by atoms with Crippen molar-refractivity contribution >= 4 is 14.0 Å². The van der Waals surface area contributed by atoms with Gasteiger partial charge < -0.3 is 30.6 Å². The van der Waals surface area contributed by atoms with Gasteiger partial charge in [0.25, 0.3) is 0 Å². The Balaban J connectivity index is 0. The van der Waals surface area contributed by atoms with Crippen molar-refractivity contribution in [2.75, 3.05) is 13.2 Å². The lowest BCUT2D eigenvalue weighted by atomic mass is 9.96. The standard InChI is InChI=1S/C6H12O5.HO4P/c1-4(9)5(10)6(11,2-7)3-8;1-4-5(2)3/h5,7-8,10-11H,2-3H2,1H3;1H/p-1. The van der Waals surface area contributed by atoms with Gasteiger partial charge in [0.2, 0.25) is 0 Å². The van der Waals surface area contributed by atoms with Gasteiger partial charge in [0.15, 0.2) is 5.78 Å². The first-order valence-electron chi connectivity index (χ1n) is 3.82. The molecule has 0 heterocycles. The summed E-state index contributed by atoms with van der Waals surface area (Å²) in [5, 5.41) is 43.5. The second-order valence-corrected chi connectivity index (χ2v) is 3.33. The Kier molecular flexibility index (Phi) is 9.63. The molecule has 4 N–H and O–H groups in total. The maximum Gasteiger partial charge on any atom is 0.479 e. The van der Waals surface area contributed by atoms with Crippen molar-refractivity contribution in [1.29, 1.82) is 0 Å². The Labute approximate surface area is 91.4 Å². The first-order chi connectivity index (χ1) is 7.25. The molecule has 0 fully saturated rings. The lowest BCUT2D eigenvalue weighted by Crippen LogP contribution is -2.52. The average molecular weight is 259 g/mol. The van der Waals surface area contributed by atoms with Crippen LogP contribution in [0.3, 0.4) is 0 Å². The van der Waals surface area contributed by atoms with E-state index >= 15 is 0 Å². The van der Waals surface area contributed by atoms with Crippen LogP contribution >= 0.6 is 8.25 Å². The van der Waals surface area contributed by atoms with Gasteiger partial charge in [0, 0.05) is 0 Å². The fraction of sp³-hybridized carbons (Fsp3) is 0.833. The summed E-state index contributed by atoms with van der Waals surface area (Å²) in [7, 11) is -3.15. The molecule has 0 rings (SSSR count). The Hall–Kier alpha value is -0.510. The van der Waals surface area contributed by atoms with E-state index in [-0.39, 0.29) is 0 Å². The molecule has 96 valence electrons. The highest BCUT2D eigenvalue weighted by atomic mass is 31.1. The Morgan fingerprint density at radius 2 is 1.81 bits per heavy atom. The largest absolute Gasteiger partial charge is 0.674 e. The molecular weight excluding hydrogens is 247 g/mol. The lowest BCUT2D eigenvalue weighted by molar-refractivity contribution is -0.644. The normalized spacial score (nSPS) is 13.6. The van der Waals surface area contributed by atoms with Gasteiger partial charge in [-0.2, -0.15) is 0 Å². The molecule has 0 aliphatic carbocycles. The van der Waals surface area contributed by atoms with E-state index in [9.17, 15) is 4.79 Å². The third kappa shape index (κ3) is 6.88. The third-order valence-electron chi connectivity index (χ3n) is 1.50. The summed E-state index contributed by atoms with van der Waals surface area (Å²) in [4.78, 5) is 19.3. The molecule has 0 amide bonds. The SMILES string of the molecule is CC(=O)C(O)C(O)(CO)CO.O=[P+]([O-])O[O-]. The molecule has 2 unspecified atom stereocenters. The molecule has 0 aliphatic heterocycles. The van der Waals surface area contributed by atoms with Gasteiger partial charge in [-0.3, -0.25) is 4.79 Å². The van der Waals surface area contributed by atoms with E-state index in [0.717, 1.165) is 6.92 Å². The van der Waals surface area contributed by atoms with E-state index in [4.69, 9.17) is 35.1 Å². The summed E-state index contributed by atoms with van der Waals surface area (Å²) >= 11 is 0. The van der Waals surface area contributed by atoms with Crippen molar-refractivity contribution in [3.63, 3.8) is 0 Å². The Bertz CT molecular complexity index is 226. The number of aliphatic hydroxyl groups is 4. The summed E-state index contributed by atoms with van der Waals surface area (Å²) in [6.45, 7) is -0.657. The van der Waals surface area contributed by atoms with E-state index in [1.54, 1.807) is 0 Å². The van der Waals surface area contributed by atoms with Crippen molar-refractivity contribution in [3.8, 4) is 0 Å². The van der Waals surface area contributed by atoms with Gasteiger partial charge in [0.05, 0.1) is 13.2 Å². The highest BCUT2D eigenvalue weighted by Crippen LogP contribution is 2.09. The molecule has 0 bridgehead atoms. The summed E-state index contributed by atoms with van der Waals surface area (Å²) in [5.41, 5.74) is -2.12.